The van der Waals surface area contributed by atoms with Crippen LogP contribution in [0.15, 0.2) is 82.8 Å². The number of ether oxygens (including phenoxy) is 2. The molecule has 0 radical (unpaired) electrons. The van der Waals surface area contributed by atoms with Crippen molar-refractivity contribution in [2.24, 2.45) is 5.10 Å². The molecule has 0 spiro atoms. The Morgan fingerprint density at radius 1 is 1.00 bits per heavy atom. The van der Waals surface area contributed by atoms with E-state index in [4.69, 9.17) is 9.47 Å². The number of phenolic OH excluding ortho intramolecular Hbond substituents is 1. The SMILES string of the molecule is COc1ccc(S(=O)(=O)N(CC(=O)N/N=C\c2cccc(OC)c2O)Cc2ccccc2)cc1. The molecule has 10 heteroatoms. The molecular weight excluding hydrogens is 458 g/mol. The summed E-state index contributed by atoms with van der Waals surface area (Å²) in [6.45, 7) is -0.478. The number of carbonyl (C=O) groups is 1. The average Bonchev–Trinajstić information content (AvgIpc) is 2.85. The second-order valence-electron chi connectivity index (χ2n) is 7.13. The van der Waals surface area contributed by atoms with Crippen molar-refractivity contribution in [3.8, 4) is 17.2 Å². The zero-order valence-electron chi connectivity index (χ0n) is 18.7. The van der Waals surface area contributed by atoms with Crippen LogP contribution < -0.4 is 14.9 Å². The summed E-state index contributed by atoms with van der Waals surface area (Å²) in [5.41, 5.74) is 3.35. The van der Waals surface area contributed by atoms with Crippen molar-refractivity contribution in [1.82, 2.24) is 9.73 Å². The van der Waals surface area contributed by atoms with Gasteiger partial charge in [-0.25, -0.2) is 13.8 Å². The summed E-state index contributed by atoms with van der Waals surface area (Å²) in [6.07, 6.45) is 1.25. The van der Waals surface area contributed by atoms with Gasteiger partial charge in [0, 0.05) is 12.1 Å². The number of sulfonamides is 1. The van der Waals surface area contributed by atoms with Gasteiger partial charge in [0.1, 0.15) is 5.75 Å². The highest BCUT2D eigenvalue weighted by molar-refractivity contribution is 7.89. The number of rotatable bonds is 10. The van der Waals surface area contributed by atoms with Crippen molar-refractivity contribution in [1.29, 1.82) is 0 Å². The predicted octanol–water partition coefficient (Wildman–Crippen LogP) is 2.75. The molecule has 3 rings (SSSR count). The Labute approximate surface area is 198 Å². The highest BCUT2D eigenvalue weighted by Crippen LogP contribution is 2.28. The quantitative estimate of drug-likeness (QED) is 0.338. The number of hydrogen-bond donors (Lipinski definition) is 2. The fraction of sp³-hybridized carbons (Fsp3) is 0.167. The van der Waals surface area contributed by atoms with E-state index in [0.717, 1.165) is 9.87 Å². The molecule has 178 valence electrons. The number of phenols is 1. The lowest BCUT2D eigenvalue weighted by Crippen LogP contribution is -2.39. The molecule has 0 saturated heterocycles. The van der Waals surface area contributed by atoms with Gasteiger partial charge in [-0.3, -0.25) is 4.79 Å². The normalized spacial score (nSPS) is 11.5. The van der Waals surface area contributed by atoms with Gasteiger partial charge in [-0.05, 0) is 42.0 Å². The van der Waals surface area contributed by atoms with Gasteiger partial charge in [0.2, 0.25) is 10.0 Å². The summed E-state index contributed by atoms with van der Waals surface area (Å²) >= 11 is 0. The molecule has 0 aromatic heterocycles. The number of amides is 1. The van der Waals surface area contributed by atoms with Crippen LogP contribution in [0.1, 0.15) is 11.1 Å². The van der Waals surface area contributed by atoms with E-state index in [1.165, 1.54) is 32.6 Å². The Bertz CT molecular complexity index is 1250. The largest absolute Gasteiger partial charge is 0.504 e. The van der Waals surface area contributed by atoms with E-state index in [-0.39, 0.29) is 22.9 Å². The number of aromatic hydroxyl groups is 1. The van der Waals surface area contributed by atoms with Crippen molar-refractivity contribution >= 4 is 22.1 Å². The van der Waals surface area contributed by atoms with Gasteiger partial charge < -0.3 is 14.6 Å². The number of para-hydroxylation sites is 1. The number of nitrogens with one attached hydrogen (secondary N) is 1. The number of hydrogen-bond acceptors (Lipinski definition) is 7. The van der Waals surface area contributed by atoms with Crippen LogP contribution in [-0.2, 0) is 21.4 Å². The van der Waals surface area contributed by atoms with E-state index in [9.17, 15) is 18.3 Å². The van der Waals surface area contributed by atoms with E-state index in [1.807, 2.05) is 6.07 Å². The molecule has 0 bridgehead atoms. The van der Waals surface area contributed by atoms with Gasteiger partial charge in [-0.15, -0.1) is 0 Å². The predicted molar refractivity (Wildman–Crippen MR) is 127 cm³/mol. The third-order valence-corrected chi connectivity index (χ3v) is 6.67. The molecule has 0 heterocycles. The van der Waals surface area contributed by atoms with Crippen molar-refractivity contribution in [2.75, 3.05) is 20.8 Å². The minimum atomic E-state index is -4.00. The smallest absolute Gasteiger partial charge is 0.255 e. The summed E-state index contributed by atoms with van der Waals surface area (Å²) in [6, 6.07) is 19.7. The van der Waals surface area contributed by atoms with E-state index < -0.39 is 22.5 Å². The molecule has 0 fully saturated rings. The maximum Gasteiger partial charge on any atom is 0.255 e. The second kappa shape index (κ2) is 11.3. The molecule has 34 heavy (non-hydrogen) atoms. The Morgan fingerprint density at radius 3 is 2.35 bits per heavy atom. The van der Waals surface area contributed by atoms with Gasteiger partial charge in [-0.2, -0.15) is 9.41 Å². The topological polar surface area (TPSA) is 118 Å². The van der Waals surface area contributed by atoms with E-state index in [0.29, 0.717) is 11.3 Å². The van der Waals surface area contributed by atoms with Crippen molar-refractivity contribution in [2.45, 2.75) is 11.4 Å². The average molecular weight is 484 g/mol. The number of carbonyl (C=O) groups excluding carboxylic acids is 1. The minimum absolute atomic E-state index is 0.0109. The van der Waals surface area contributed by atoms with Crippen molar-refractivity contribution in [3.05, 3.63) is 83.9 Å². The molecular formula is C24H25N3O6S. The third-order valence-electron chi connectivity index (χ3n) is 4.86. The van der Waals surface area contributed by atoms with Gasteiger partial charge in [-0.1, -0.05) is 36.4 Å². The van der Waals surface area contributed by atoms with Crippen molar-refractivity contribution in [3.63, 3.8) is 0 Å². The lowest BCUT2D eigenvalue weighted by molar-refractivity contribution is -0.121. The van der Waals surface area contributed by atoms with Crippen LogP contribution in [0.2, 0.25) is 0 Å². The maximum atomic E-state index is 13.3. The molecule has 9 nitrogen and oxygen atoms in total. The van der Waals surface area contributed by atoms with E-state index >= 15 is 0 Å². The second-order valence-corrected chi connectivity index (χ2v) is 9.06. The highest BCUT2D eigenvalue weighted by Gasteiger charge is 2.27. The zero-order chi connectivity index (χ0) is 24.6. The summed E-state index contributed by atoms with van der Waals surface area (Å²) in [5, 5.41) is 13.9. The van der Waals surface area contributed by atoms with Gasteiger partial charge in [0.05, 0.1) is 31.9 Å². The monoisotopic (exact) mass is 483 g/mol. The molecule has 3 aromatic carbocycles. The van der Waals surface area contributed by atoms with Crippen LogP contribution >= 0.6 is 0 Å². The fourth-order valence-electron chi connectivity index (χ4n) is 3.09. The van der Waals surface area contributed by atoms with Crippen LogP contribution in [-0.4, -0.2) is 50.7 Å². The van der Waals surface area contributed by atoms with E-state index in [2.05, 4.69) is 10.5 Å². The Balaban J connectivity index is 1.79. The molecule has 1 amide bonds. The standard InChI is InChI=1S/C24H25N3O6S/c1-32-20-11-13-21(14-12-20)34(30,31)27(16-18-7-4-3-5-8-18)17-23(28)26-25-15-19-9-6-10-22(33-2)24(19)29/h3-15,29H,16-17H2,1-2H3,(H,26,28)/b25-15-. The zero-order valence-corrected chi connectivity index (χ0v) is 19.5. The summed E-state index contributed by atoms with van der Waals surface area (Å²) in [5.74, 6) is -0.00114. The molecule has 0 saturated carbocycles. The van der Waals surface area contributed by atoms with Crippen LogP contribution in [0.3, 0.4) is 0 Å². The molecule has 0 aliphatic heterocycles. The number of benzene rings is 3. The number of hydrazone groups is 1. The number of methoxy groups -OCH3 is 2. The first-order valence-electron chi connectivity index (χ1n) is 10.2. The molecule has 0 unspecified atom stereocenters. The van der Waals surface area contributed by atoms with Gasteiger partial charge in [0.15, 0.2) is 11.5 Å². The first-order valence-corrected chi connectivity index (χ1v) is 11.6. The first-order chi connectivity index (χ1) is 16.3. The maximum absolute atomic E-state index is 13.3. The van der Waals surface area contributed by atoms with Crippen LogP contribution in [0.25, 0.3) is 0 Å². The minimum Gasteiger partial charge on any atom is -0.504 e. The van der Waals surface area contributed by atoms with Crippen LogP contribution in [0, 0.1) is 0 Å². The lowest BCUT2D eigenvalue weighted by Gasteiger charge is -2.21. The molecule has 2 N–H and O–H groups in total. The van der Waals surface area contributed by atoms with E-state index in [1.54, 1.807) is 54.6 Å². The lowest BCUT2D eigenvalue weighted by atomic mass is 10.2. The number of nitrogens with zero attached hydrogens (tertiary/aromatic N) is 2. The van der Waals surface area contributed by atoms with Gasteiger partial charge in [0.25, 0.3) is 5.91 Å². The summed E-state index contributed by atoms with van der Waals surface area (Å²) < 4.78 is 37.8. The fourth-order valence-corrected chi connectivity index (χ4v) is 4.47. The Hall–Kier alpha value is -3.89. The molecule has 0 aliphatic rings. The summed E-state index contributed by atoms with van der Waals surface area (Å²) in [7, 11) is -1.10. The van der Waals surface area contributed by atoms with Gasteiger partial charge >= 0.3 is 0 Å². The Kier molecular flexibility index (Phi) is 8.23. The molecule has 3 aromatic rings. The van der Waals surface area contributed by atoms with Crippen molar-refractivity contribution < 1.29 is 27.8 Å². The third kappa shape index (κ3) is 6.12. The molecule has 0 atom stereocenters. The van der Waals surface area contributed by atoms with Crippen LogP contribution in [0.4, 0.5) is 0 Å². The highest BCUT2D eigenvalue weighted by atomic mass is 32.2. The van der Waals surface area contributed by atoms with Crippen LogP contribution in [0.5, 0.6) is 17.2 Å². The first kappa shape index (κ1) is 24.7. The molecule has 0 aliphatic carbocycles. The Morgan fingerprint density at radius 2 is 1.71 bits per heavy atom. The summed E-state index contributed by atoms with van der Waals surface area (Å²) in [4.78, 5) is 12.6.